The highest BCUT2D eigenvalue weighted by Crippen LogP contribution is 2.52. The smallest absolute Gasteiger partial charge is 0.294 e. The number of unbranched alkanes of at least 4 members (excludes halogenated alkanes) is 2. The van der Waals surface area contributed by atoms with Crippen molar-refractivity contribution in [3.8, 4) is 0 Å². The molecule has 0 fully saturated rings. The Bertz CT molecular complexity index is 4070. The predicted molar refractivity (Wildman–Crippen MR) is 362 cm³/mol. The first kappa shape index (κ1) is 80.5. The molecule has 0 bridgehead atoms. The van der Waals surface area contributed by atoms with Crippen LogP contribution in [0.4, 0.5) is 11.4 Å². The van der Waals surface area contributed by atoms with Gasteiger partial charge in [-0.05, 0) is 118 Å². The second-order valence-electron chi connectivity index (χ2n) is 25.4. The fourth-order valence-corrected chi connectivity index (χ4v) is 15.3. The zero-order valence-electron chi connectivity index (χ0n) is 55.0. The van der Waals surface area contributed by atoms with Gasteiger partial charge < -0.3 is 41.7 Å². The van der Waals surface area contributed by atoms with Gasteiger partial charge in [-0.2, -0.15) is 42.1 Å². The molecule has 0 saturated heterocycles. The monoisotopic (exact) mass is 1490 g/mol. The third-order valence-electron chi connectivity index (χ3n) is 17.4. The Kier molecular flexibility index (Phi) is 28.2. The summed E-state index contributed by atoms with van der Waals surface area (Å²) in [6.45, 7) is 6.66. The van der Waals surface area contributed by atoms with Crippen LogP contribution in [0, 0.1) is 0 Å². The van der Waals surface area contributed by atoms with E-state index in [1.807, 2.05) is 54.5 Å². The van der Waals surface area contributed by atoms with Crippen LogP contribution in [0.2, 0.25) is 0 Å². The first-order chi connectivity index (χ1) is 46.2. The maximum absolute atomic E-state index is 13.7. The van der Waals surface area contributed by atoms with Crippen molar-refractivity contribution < 1.29 is 103 Å². The summed E-state index contributed by atoms with van der Waals surface area (Å²) in [5.41, 5.74) is 1.30. The van der Waals surface area contributed by atoms with Crippen LogP contribution in [0.1, 0.15) is 135 Å². The van der Waals surface area contributed by atoms with E-state index in [-0.39, 0.29) is 93.9 Å². The number of fused-ring (bicyclic) bond motifs is 6. The molecule has 4 aliphatic rings. The minimum Gasteiger partial charge on any atom is -0.364 e. The molecule has 4 aliphatic heterocycles. The molecule has 2 aromatic rings. The number of carbonyl (C=O) groups is 8. The highest BCUT2D eigenvalue weighted by atomic mass is 32.2. The molecule has 99 heavy (non-hydrogen) atoms. The molecule has 0 aromatic heterocycles. The minimum absolute atomic E-state index is 0.0101. The molecule has 5 unspecified atom stereocenters. The summed E-state index contributed by atoms with van der Waals surface area (Å²) in [7, 11) is -24.9. The third-order valence-corrected chi connectivity index (χ3v) is 21.3. The van der Waals surface area contributed by atoms with Gasteiger partial charge in [-0.15, -0.1) is 0 Å². The lowest BCUT2D eigenvalue weighted by atomic mass is 9.77. The van der Waals surface area contributed by atoms with E-state index >= 15 is 0 Å². The summed E-state index contributed by atoms with van der Waals surface area (Å²) >= 11 is 0. The van der Waals surface area contributed by atoms with Crippen molar-refractivity contribution >= 4 is 109 Å². The summed E-state index contributed by atoms with van der Waals surface area (Å²) in [6, 6.07) is 1.33. The molecule has 0 spiro atoms. The normalized spacial score (nSPS) is 22.9. The van der Waals surface area contributed by atoms with Crippen LogP contribution in [-0.4, -0.2) is 198 Å². The van der Waals surface area contributed by atoms with Gasteiger partial charge in [0.1, 0.15) is 35.4 Å². The van der Waals surface area contributed by atoms with Crippen molar-refractivity contribution in [1.29, 1.82) is 0 Å². The molecule has 8 amide bonds. The molecule has 548 valence electrons. The van der Waals surface area contributed by atoms with Crippen molar-refractivity contribution in [2.45, 2.75) is 168 Å². The van der Waals surface area contributed by atoms with Gasteiger partial charge in [-0.1, -0.05) is 63.8 Å². The summed E-state index contributed by atoms with van der Waals surface area (Å²) < 4.78 is 173. The number of hydrogen-bond acceptors (Lipinski definition) is 20. The van der Waals surface area contributed by atoms with E-state index in [0.29, 0.717) is 87.0 Å². The Morgan fingerprint density at radius 3 is 1.66 bits per heavy atom. The lowest BCUT2D eigenvalue weighted by molar-refractivity contribution is -0.137. The average Bonchev–Trinajstić information content (AvgIpc) is 1.57. The third kappa shape index (κ3) is 24.1. The average molecular weight is 1490 g/mol. The van der Waals surface area contributed by atoms with Crippen LogP contribution in [0.25, 0.3) is 0 Å². The molecule has 0 saturated carbocycles. The highest BCUT2D eigenvalue weighted by molar-refractivity contribution is 7.86. The van der Waals surface area contributed by atoms with Crippen LogP contribution in [0.3, 0.4) is 0 Å². The predicted octanol–water partition coefficient (Wildman–Crippen LogP) is 2.07. The largest absolute Gasteiger partial charge is 0.364 e. The van der Waals surface area contributed by atoms with Crippen molar-refractivity contribution in [3.05, 3.63) is 95.8 Å². The van der Waals surface area contributed by atoms with E-state index in [0.717, 1.165) is 22.7 Å². The summed E-state index contributed by atoms with van der Waals surface area (Å²) in [4.78, 5) is 108. The summed E-state index contributed by atoms with van der Waals surface area (Å²) in [5.74, 6) is -11.7. The molecular weight excluding hydrogens is 1400 g/mol. The van der Waals surface area contributed by atoms with Crippen LogP contribution >= 0.6 is 0 Å². The lowest BCUT2D eigenvalue weighted by Crippen LogP contribution is -2.60. The lowest BCUT2D eigenvalue weighted by Gasteiger charge is -2.32. The van der Waals surface area contributed by atoms with E-state index in [2.05, 4.69) is 26.2 Å². The Labute approximate surface area is 576 Å². The van der Waals surface area contributed by atoms with E-state index < -0.39 is 144 Å². The van der Waals surface area contributed by atoms with Gasteiger partial charge in [-0.25, -0.2) is 0 Å². The molecule has 37 heteroatoms. The molecule has 11 N–H and O–H groups in total. The number of allylic oxidation sites excluding steroid dienone is 5. The van der Waals surface area contributed by atoms with Crippen molar-refractivity contribution in [2.75, 3.05) is 66.3 Å². The molecular formula is C62H87N9O23S5. The van der Waals surface area contributed by atoms with Crippen LogP contribution < -0.4 is 41.7 Å². The van der Waals surface area contributed by atoms with Gasteiger partial charge in [0, 0.05) is 98.6 Å². The first-order valence-electron chi connectivity index (χ1n) is 32.1. The molecule has 2 aromatic carbocycles. The van der Waals surface area contributed by atoms with Crippen LogP contribution in [0.15, 0.2) is 94.4 Å². The Morgan fingerprint density at radius 2 is 1.07 bits per heavy atom. The van der Waals surface area contributed by atoms with E-state index in [1.165, 1.54) is 24.3 Å². The molecule has 5 atom stereocenters. The molecule has 32 nitrogen and oxygen atoms in total. The van der Waals surface area contributed by atoms with Gasteiger partial charge in [0.25, 0.3) is 62.4 Å². The number of imide groups is 1. The van der Waals surface area contributed by atoms with Gasteiger partial charge in [0.05, 0.1) is 15.8 Å². The highest BCUT2D eigenvalue weighted by Gasteiger charge is 2.45. The Morgan fingerprint density at radius 1 is 0.545 bits per heavy atom. The minimum atomic E-state index is -5.25. The number of nitrogens with one attached hydrogen (secondary N) is 6. The Balaban J connectivity index is 1.31. The second kappa shape index (κ2) is 34.7. The van der Waals surface area contributed by atoms with Crippen molar-refractivity contribution in [1.82, 2.24) is 36.8 Å². The zero-order chi connectivity index (χ0) is 73.3. The maximum Gasteiger partial charge on any atom is 0.294 e. The number of amides is 8. The van der Waals surface area contributed by atoms with Crippen LogP contribution in [-0.2, 0) is 99.8 Å². The van der Waals surface area contributed by atoms with Gasteiger partial charge in [-0.3, -0.25) is 66.0 Å². The van der Waals surface area contributed by atoms with Crippen molar-refractivity contribution in [2.24, 2.45) is 0 Å². The number of carbonyl (C=O) groups excluding carboxylic acids is 8. The van der Waals surface area contributed by atoms with Crippen LogP contribution in [0.5, 0.6) is 0 Å². The number of anilines is 2. The summed E-state index contributed by atoms with van der Waals surface area (Å²) in [5, 5.41) is 13.8. The molecule has 6 rings (SSSR count). The fraction of sp³-hybridized carbons (Fsp3) is 0.548. The van der Waals surface area contributed by atoms with Gasteiger partial charge in [0.15, 0.2) is 0 Å². The molecule has 0 aliphatic carbocycles. The van der Waals surface area contributed by atoms with Gasteiger partial charge >= 0.3 is 0 Å². The number of rotatable bonds is 17. The Hall–Kier alpha value is -7.49. The van der Waals surface area contributed by atoms with E-state index in [4.69, 9.17) is 0 Å². The molecule has 4 heterocycles. The fourth-order valence-electron chi connectivity index (χ4n) is 12.4. The van der Waals surface area contributed by atoms with E-state index in [9.17, 15) is 103 Å². The maximum atomic E-state index is 13.7. The topological polar surface area (TPSA) is 490 Å². The number of nitrogens with zero attached hydrogens (tertiary/aromatic N) is 3. The first-order valence-corrected chi connectivity index (χ1v) is 39.8. The number of benzene rings is 2. The van der Waals surface area contributed by atoms with E-state index in [1.54, 1.807) is 24.3 Å². The molecule has 0 radical (unpaired) electrons. The number of hydrogen-bond donors (Lipinski definition) is 11. The quantitative estimate of drug-likeness (QED) is 0.0613. The van der Waals surface area contributed by atoms with Crippen molar-refractivity contribution in [3.63, 3.8) is 0 Å². The zero-order valence-corrected chi connectivity index (χ0v) is 59.0. The standard InChI is InChI=1S/C62H87N9O23S5/c1-61(2)44-37-42(98(89,90)91)24-26-49(44)69-34-17-6-12-21-53(72)63-31-15-8-16-32-65-58(77)46(39-95(80,81)82)67-60(79)48(41-97(86,87)88)68-59(78)47(40-96(83,84)85)66-55(74)23-11-5-14-30-62(3)45-38-43(99(92,93)94)25-27-50(45)70(52(62)20-10-4-9-19-51(61)69)35-18-7-13-22-54(73)64-33-36-71-56(75)28-29-57(71)76/h4,9-10,19-20,24-29,37-38,46-48,51H,5-8,11-18,21-23,30-36,39-41H2,1-3H3,(H,63,72)(H,64,73)(H,65,77)(H,66,74)(H,67,79)(H,68,78)(H,80,81,82)(H,83,84,85)(H,86,87,88)(H,89,90,91)(H,92,93,94). The van der Waals surface area contributed by atoms with Gasteiger partial charge in [0.2, 0.25) is 35.4 Å². The summed E-state index contributed by atoms with van der Waals surface area (Å²) in [6.07, 6.45) is 16.3. The SMILES string of the molecule is CC12CCCCCC(=O)NC(CS(=O)(=O)O)C(=O)NC(CS(=O)(=O)O)C(=O)NC(CS(=O)(=O)O)C(=O)NCCCCCNC(=O)CCCCCN3c4ccc(S(=O)(=O)O)cc4C(C)(C)C3C=CC=CC=C1N(CCCCCC(=O)NCCN1C(=O)C=CC1=O)c1ccc(S(=O)(=O)O)cc12. The second-order valence-corrected chi connectivity index (χ2v) is 32.7.